The van der Waals surface area contributed by atoms with Gasteiger partial charge >= 0.3 is 5.97 Å². The van der Waals surface area contributed by atoms with Gasteiger partial charge in [0, 0.05) is 42.2 Å². The van der Waals surface area contributed by atoms with Gasteiger partial charge in [0.2, 0.25) is 0 Å². The number of aryl methyl sites for hydroxylation is 1. The molecule has 4 aromatic rings. The van der Waals surface area contributed by atoms with Gasteiger partial charge in [-0.3, -0.25) is 4.79 Å². The molecule has 48 heavy (non-hydrogen) atoms. The predicted octanol–water partition coefficient (Wildman–Crippen LogP) is 12.0. The molecule has 0 amide bonds. The third kappa shape index (κ3) is 9.65. The second kappa shape index (κ2) is 18.1. The molecule has 0 aliphatic rings. The highest BCUT2D eigenvalue weighted by molar-refractivity contribution is 5.97. The molecule has 4 nitrogen and oxygen atoms in total. The summed E-state index contributed by atoms with van der Waals surface area (Å²) in [5, 5.41) is 6.04. The number of esters is 1. The van der Waals surface area contributed by atoms with E-state index >= 15 is 0 Å². The van der Waals surface area contributed by atoms with Gasteiger partial charge in [-0.25, -0.2) is 0 Å². The molecular weight excluding hydrogens is 588 g/mol. The number of nitrogens with one attached hydrogen (secondary N) is 1. The fraction of sp³-hybridized carbons (Fsp3) is 0.477. The van der Waals surface area contributed by atoms with Gasteiger partial charge in [0.15, 0.2) is 6.23 Å². The van der Waals surface area contributed by atoms with Crippen molar-refractivity contribution in [1.82, 2.24) is 0 Å². The van der Waals surface area contributed by atoms with E-state index in [-0.39, 0.29) is 18.1 Å². The van der Waals surface area contributed by atoms with Gasteiger partial charge in [-0.1, -0.05) is 125 Å². The van der Waals surface area contributed by atoms with Crippen LogP contribution in [0.25, 0.3) is 10.8 Å². The summed E-state index contributed by atoms with van der Waals surface area (Å²) in [6.07, 6.45) is 9.72. The van der Waals surface area contributed by atoms with Crippen molar-refractivity contribution in [3.05, 3.63) is 107 Å². The fourth-order valence-corrected chi connectivity index (χ4v) is 6.53. The van der Waals surface area contributed by atoms with Crippen LogP contribution in [-0.2, 0) is 9.53 Å². The standard InChI is InChI=1S/C44H60N2O2/c1-8-12-13-14-15-16-17-22-41(48-43(47)44(6,7)9-2)45-40-32-31-39(37-20-18-19-21-38(37)40)42(34-25-23-33(5)24-26-34)35-27-29-36(30-28-35)46(10-3)11-4/h18-21,23-32,41-42,45H,8-17,22H2,1-7H3. The number of unbranched alkanes of at least 4 members (excludes halogenated alkanes) is 6. The molecule has 0 aliphatic carbocycles. The van der Waals surface area contributed by atoms with E-state index in [1.807, 2.05) is 20.8 Å². The minimum atomic E-state index is -0.520. The van der Waals surface area contributed by atoms with Gasteiger partial charge in [-0.05, 0) is 87.7 Å². The molecular formula is C44H60N2O2. The van der Waals surface area contributed by atoms with E-state index < -0.39 is 5.41 Å². The third-order valence-electron chi connectivity index (χ3n) is 10.1. The third-order valence-corrected chi connectivity index (χ3v) is 10.1. The lowest BCUT2D eigenvalue weighted by Gasteiger charge is -2.28. The summed E-state index contributed by atoms with van der Waals surface area (Å²) >= 11 is 0. The second-order valence-corrected chi connectivity index (χ2v) is 14.0. The first-order valence-corrected chi connectivity index (χ1v) is 18.6. The smallest absolute Gasteiger partial charge is 0.313 e. The second-order valence-electron chi connectivity index (χ2n) is 14.0. The molecule has 4 rings (SSSR count). The summed E-state index contributed by atoms with van der Waals surface area (Å²) in [5.74, 6) is -0.0686. The van der Waals surface area contributed by atoms with Crippen LogP contribution in [0.2, 0.25) is 0 Å². The van der Waals surface area contributed by atoms with Crippen molar-refractivity contribution >= 4 is 28.1 Å². The summed E-state index contributed by atoms with van der Waals surface area (Å²) < 4.78 is 6.23. The van der Waals surface area contributed by atoms with Crippen LogP contribution in [-0.4, -0.2) is 25.3 Å². The summed E-state index contributed by atoms with van der Waals surface area (Å²) in [6.45, 7) is 16.8. The minimum Gasteiger partial charge on any atom is -0.441 e. The van der Waals surface area contributed by atoms with Gasteiger partial charge in [-0.2, -0.15) is 0 Å². The molecule has 258 valence electrons. The Hall–Kier alpha value is -3.79. The van der Waals surface area contributed by atoms with Crippen LogP contribution in [0.3, 0.4) is 0 Å². The molecule has 0 saturated heterocycles. The number of benzene rings is 4. The van der Waals surface area contributed by atoms with Crippen LogP contribution in [0.15, 0.2) is 84.9 Å². The topological polar surface area (TPSA) is 41.6 Å². The van der Waals surface area contributed by atoms with Crippen LogP contribution < -0.4 is 10.2 Å². The van der Waals surface area contributed by atoms with Crippen molar-refractivity contribution < 1.29 is 9.53 Å². The van der Waals surface area contributed by atoms with Crippen molar-refractivity contribution in [3.63, 3.8) is 0 Å². The lowest BCUT2D eigenvalue weighted by Crippen LogP contribution is -2.34. The molecule has 0 spiro atoms. The number of carbonyl (C=O) groups excluding carboxylic acids is 1. The zero-order valence-electron chi connectivity index (χ0n) is 30.8. The Morgan fingerprint density at radius 2 is 1.31 bits per heavy atom. The first-order chi connectivity index (χ1) is 23.2. The Bertz CT molecular complexity index is 1550. The van der Waals surface area contributed by atoms with Crippen molar-refractivity contribution in [3.8, 4) is 0 Å². The Morgan fingerprint density at radius 1 is 0.729 bits per heavy atom. The highest BCUT2D eigenvalue weighted by atomic mass is 16.6. The van der Waals surface area contributed by atoms with E-state index in [1.165, 1.54) is 65.4 Å². The van der Waals surface area contributed by atoms with E-state index in [0.717, 1.165) is 49.8 Å². The van der Waals surface area contributed by atoms with Crippen molar-refractivity contribution in [1.29, 1.82) is 0 Å². The predicted molar refractivity (Wildman–Crippen MR) is 206 cm³/mol. The number of fused-ring (bicyclic) bond motifs is 1. The molecule has 1 N–H and O–H groups in total. The lowest BCUT2D eigenvalue weighted by molar-refractivity contribution is -0.158. The Labute approximate surface area is 291 Å². The van der Waals surface area contributed by atoms with Gasteiger partial charge in [0.05, 0.1) is 5.41 Å². The number of nitrogens with zero attached hydrogens (tertiary/aromatic N) is 1. The molecule has 0 bridgehead atoms. The SMILES string of the molecule is CCCCCCCCCC(Nc1ccc(C(c2ccc(C)cc2)c2ccc(N(CC)CC)cc2)c2ccccc12)OC(=O)C(C)(C)CC. The Morgan fingerprint density at radius 3 is 1.92 bits per heavy atom. The van der Waals surface area contributed by atoms with Gasteiger partial charge in [-0.15, -0.1) is 0 Å². The van der Waals surface area contributed by atoms with Crippen LogP contribution in [0.1, 0.15) is 128 Å². The zero-order chi connectivity index (χ0) is 34.5. The first kappa shape index (κ1) is 37.0. The van der Waals surface area contributed by atoms with E-state index in [0.29, 0.717) is 0 Å². The van der Waals surface area contributed by atoms with Gasteiger partial charge in [0.1, 0.15) is 0 Å². The number of ether oxygens (including phenoxy) is 1. The molecule has 0 aliphatic heterocycles. The highest BCUT2D eigenvalue weighted by Gasteiger charge is 2.30. The van der Waals surface area contributed by atoms with E-state index in [9.17, 15) is 4.79 Å². The number of carbonyl (C=O) groups is 1. The Kier molecular flexibility index (Phi) is 14.0. The Balaban J connectivity index is 1.69. The monoisotopic (exact) mass is 648 g/mol. The average molecular weight is 649 g/mol. The molecule has 0 radical (unpaired) electrons. The van der Waals surface area contributed by atoms with Gasteiger partial charge in [0.25, 0.3) is 0 Å². The minimum absolute atomic E-state index is 0.0713. The van der Waals surface area contributed by atoms with E-state index in [2.05, 4.69) is 123 Å². The normalized spacial score (nSPS) is 12.9. The highest BCUT2D eigenvalue weighted by Crippen LogP contribution is 2.39. The number of hydrogen-bond donors (Lipinski definition) is 1. The number of rotatable bonds is 19. The van der Waals surface area contributed by atoms with E-state index in [4.69, 9.17) is 4.74 Å². The van der Waals surface area contributed by atoms with Crippen molar-refractivity contribution in [2.75, 3.05) is 23.3 Å². The maximum atomic E-state index is 13.3. The quantitative estimate of drug-likeness (QED) is 0.0475. The largest absolute Gasteiger partial charge is 0.441 e. The van der Waals surface area contributed by atoms with E-state index in [1.54, 1.807) is 0 Å². The molecule has 2 unspecified atom stereocenters. The van der Waals surface area contributed by atoms with Crippen LogP contribution in [0, 0.1) is 12.3 Å². The fourth-order valence-electron chi connectivity index (χ4n) is 6.53. The van der Waals surface area contributed by atoms with Crippen LogP contribution in [0.4, 0.5) is 11.4 Å². The summed E-state index contributed by atoms with van der Waals surface area (Å²) in [5.41, 5.74) is 6.80. The molecule has 2 atom stereocenters. The first-order valence-electron chi connectivity index (χ1n) is 18.6. The number of anilines is 2. The van der Waals surface area contributed by atoms with Crippen molar-refractivity contribution in [2.24, 2.45) is 5.41 Å². The summed E-state index contributed by atoms with van der Waals surface area (Å²) in [6, 6.07) is 31.2. The maximum Gasteiger partial charge on any atom is 0.313 e. The molecule has 0 heterocycles. The average Bonchev–Trinajstić information content (AvgIpc) is 3.10. The molecule has 0 aromatic heterocycles. The van der Waals surface area contributed by atoms with Crippen LogP contribution in [0.5, 0.6) is 0 Å². The molecule has 0 fully saturated rings. The van der Waals surface area contributed by atoms with Gasteiger partial charge < -0.3 is 15.0 Å². The number of hydrogen-bond acceptors (Lipinski definition) is 4. The molecule has 4 aromatic carbocycles. The maximum absolute atomic E-state index is 13.3. The summed E-state index contributed by atoms with van der Waals surface area (Å²) in [4.78, 5) is 15.7. The van der Waals surface area contributed by atoms with Crippen LogP contribution >= 0.6 is 0 Å². The molecule has 0 saturated carbocycles. The van der Waals surface area contributed by atoms with Crippen molar-refractivity contribution in [2.45, 2.75) is 118 Å². The lowest BCUT2D eigenvalue weighted by atomic mass is 9.82. The zero-order valence-corrected chi connectivity index (χ0v) is 30.8. The molecule has 4 heteroatoms. The summed E-state index contributed by atoms with van der Waals surface area (Å²) in [7, 11) is 0.